The normalized spacial score (nSPS) is 23.6. The van der Waals surface area contributed by atoms with Crippen molar-refractivity contribution in [2.24, 2.45) is 5.92 Å². The van der Waals surface area contributed by atoms with E-state index in [1.54, 1.807) is 0 Å². The Labute approximate surface area is 116 Å². The third-order valence-electron chi connectivity index (χ3n) is 4.01. The molecule has 112 valence electrons. The predicted octanol–water partition coefficient (Wildman–Crippen LogP) is 5.23. The van der Waals surface area contributed by atoms with Gasteiger partial charge in [0.25, 0.3) is 0 Å². The zero-order valence-corrected chi connectivity index (χ0v) is 11.4. The van der Waals surface area contributed by atoms with Crippen LogP contribution in [0, 0.1) is 11.7 Å². The van der Waals surface area contributed by atoms with E-state index in [-0.39, 0.29) is 11.7 Å². The molecule has 2 unspecified atom stereocenters. The summed E-state index contributed by atoms with van der Waals surface area (Å²) in [6, 6.07) is 2.58. The van der Waals surface area contributed by atoms with Crippen molar-refractivity contribution in [2.75, 3.05) is 5.32 Å². The molecule has 0 aliphatic heterocycles. The van der Waals surface area contributed by atoms with E-state index in [1.807, 2.05) is 0 Å². The molecule has 0 amide bonds. The number of benzene rings is 1. The average molecular weight is 289 g/mol. The van der Waals surface area contributed by atoms with Crippen LogP contribution in [0.1, 0.15) is 44.6 Å². The van der Waals surface area contributed by atoms with Crippen LogP contribution in [-0.2, 0) is 6.18 Å². The minimum absolute atomic E-state index is 0.0402. The lowest BCUT2D eigenvalue weighted by Crippen LogP contribution is -2.27. The summed E-state index contributed by atoms with van der Waals surface area (Å²) >= 11 is 0. The lowest BCUT2D eigenvalue weighted by atomic mass is 9.84. The Bertz CT molecular complexity index is 456. The summed E-state index contributed by atoms with van der Waals surface area (Å²) in [5.74, 6) is -0.0493. The van der Waals surface area contributed by atoms with E-state index in [0.29, 0.717) is 5.92 Å². The molecule has 1 aromatic carbocycles. The van der Waals surface area contributed by atoms with E-state index in [2.05, 4.69) is 12.2 Å². The third kappa shape index (κ3) is 3.64. The van der Waals surface area contributed by atoms with Crippen molar-refractivity contribution >= 4 is 5.69 Å². The van der Waals surface area contributed by atoms with E-state index in [9.17, 15) is 17.6 Å². The average Bonchev–Trinajstić information content (AvgIpc) is 2.40. The van der Waals surface area contributed by atoms with Crippen LogP contribution in [0.5, 0.6) is 0 Å². The molecule has 1 aromatic rings. The minimum atomic E-state index is -4.44. The molecule has 5 heteroatoms. The quantitative estimate of drug-likeness (QED) is 0.752. The molecule has 1 aliphatic rings. The summed E-state index contributed by atoms with van der Waals surface area (Å²) in [5.41, 5.74) is -0.856. The van der Waals surface area contributed by atoms with Crippen molar-refractivity contribution in [1.29, 1.82) is 0 Å². The van der Waals surface area contributed by atoms with Crippen molar-refractivity contribution < 1.29 is 17.6 Å². The van der Waals surface area contributed by atoms with Crippen molar-refractivity contribution in [1.82, 2.24) is 0 Å². The molecule has 0 radical (unpaired) electrons. The van der Waals surface area contributed by atoms with Crippen molar-refractivity contribution in [3.63, 3.8) is 0 Å². The van der Waals surface area contributed by atoms with Gasteiger partial charge in [-0.2, -0.15) is 13.2 Å². The van der Waals surface area contributed by atoms with Crippen LogP contribution in [0.2, 0.25) is 0 Å². The number of hydrogen-bond acceptors (Lipinski definition) is 1. The van der Waals surface area contributed by atoms with Crippen molar-refractivity contribution in [2.45, 2.75) is 51.2 Å². The molecule has 1 aliphatic carbocycles. The van der Waals surface area contributed by atoms with Crippen LogP contribution in [0.25, 0.3) is 0 Å². The van der Waals surface area contributed by atoms with Crippen LogP contribution in [-0.4, -0.2) is 6.04 Å². The number of halogens is 4. The maximum absolute atomic E-state index is 13.7. The Kier molecular flexibility index (Phi) is 4.55. The van der Waals surface area contributed by atoms with Gasteiger partial charge in [0, 0.05) is 6.04 Å². The van der Waals surface area contributed by atoms with E-state index in [0.717, 1.165) is 50.3 Å². The van der Waals surface area contributed by atoms with Crippen molar-refractivity contribution in [3.8, 4) is 0 Å². The fourth-order valence-electron chi connectivity index (χ4n) is 2.83. The standard InChI is InChI=1S/C15H19F4N/c1-2-10-4-3-5-12(8-10)20-14-9-11(15(17,18)19)6-7-13(14)16/h6-7,9-10,12,20H,2-5,8H2,1H3. The lowest BCUT2D eigenvalue weighted by molar-refractivity contribution is -0.137. The second kappa shape index (κ2) is 6.02. The van der Waals surface area contributed by atoms with Crippen molar-refractivity contribution in [3.05, 3.63) is 29.6 Å². The molecule has 1 fully saturated rings. The zero-order chi connectivity index (χ0) is 14.8. The van der Waals surface area contributed by atoms with Gasteiger partial charge in [0.1, 0.15) is 5.82 Å². The fourth-order valence-corrected chi connectivity index (χ4v) is 2.83. The van der Waals surface area contributed by atoms with Gasteiger partial charge in [0.05, 0.1) is 11.3 Å². The number of anilines is 1. The summed E-state index contributed by atoms with van der Waals surface area (Å²) in [4.78, 5) is 0. The van der Waals surface area contributed by atoms with Gasteiger partial charge in [-0.05, 0) is 37.0 Å². The molecule has 0 aromatic heterocycles. The second-order valence-corrected chi connectivity index (χ2v) is 5.47. The molecule has 20 heavy (non-hydrogen) atoms. The predicted molar refractivity (Wildman–Crippen MR) is 71.1 cm³/mol. The number of alkyl halides is 3. The summed E-state index contributed by atoms with van der Waals surface area (Å²) in [6.07, 6.45) is 0.584. The maximum Gasteiger partial charge on any atom is 0.416 e. The first-order valence-corrected chi connectivity index (χ1v) is 7.03. The number of rotatable bonds is 3. The highest BCUT2D eigenvalue weighted by atomic mass is 19.4. The van der Waals surface area contributed by atoms with E-state index >= 15 is 0 Å². The molecular weight excluding hydrogens is 270 g/mol. The Morgan fingerprint density at radius 3 is 2.65 bits per heavy atom. The Balaban J connectivity index is 2.12. The summed E-state index contributed by atoms with van der Waals surface area (Å²) < 4.78 is 51.6. The summed E-state index contributed by atoms with van der Waals surface area (Å²) in [5, 5.41) is 2.95. The Hall–Kier alpha value is -1.26. The molecule has 0 bridgehead atoms. The highest BCUT2D eigenvalue weighted by molar-refractivity contribution is 5.48. The minimum Gasteiger partial charge on any atom is -0.380 e. The Morgan fingerprint density at radius 1 is 1.25 bits per heavy atom. The van der Waals surface area contributed by atoms with E-state index < -0.39 is 17.6 Å². The molecule has 2 rings (SSSR count). The van der Waals surface area contributed by atoms with E-state index in [4.69, 9.17) is 0 Å². The first kappa shape index (κ1) is 15.1. The van der Waals surface area contributed by atoms with Gasteiger partial charge < -0.3 is 5.32 Å². The molecule has 2 atom stereocenters. The molecule has 0 heterocycles. The number of hydrogen-bond donors (Lipinski definition) is 1. The topological polar surface area (TPSA) is 12.0 Å². The zero-order valence-electron chi connectivity index (χ0n) is 11.4. The van der Waals surface area contributed by atoms with Gasteiger partial charge in [-0.15, -0.1) is 0 Å². The smallest absolute Gasteiger partial charge is 0.380 e. The van der Waals surface area contributed by atoms with Crippen LogP contribution in [0.15, 0.2) is 18.2 Å². The largest absolute Gasteiger partial charge is 0.416 e. The number of nitrogens with one attached hydrogen (secondary N) is 1. The van der Waals surface area contributed by atoms with Crippen LogP contribution < -0.4 is 5.32 Å². The van der Waals surface area contributed by atoms with Gasteiger partial charge in [-0.3, -0.25) is 0 Å². The SMILES string of the molecule is CCC1CCCC(Nc2cc(C(F)(F)F)ccc2F)C1. The molecule has 1 nitrogen and oxygen atoms in total. The third-order valence-corrected chi connectivity index (χ3v) is 4.01. The molecular formula is C15H19F4N. The first-order valence-electron chi connectivity index (χ1n) is 7.03. The van der Waals surface area contributed by atoms with Gasteiger partial charge >= 0.3 is 6.18 Å². The monoisotopic (exact) mass is 289 g/mol. The summed E-state index contributed by atoms with van der Waals surface area (Å²) in [7, 11) is 0. The van der Waals surface area contributed by atoms with Gasteiger partial charge in [-0.1, -0.05) is 26.2 Å². The fraction of sp³-hybridized carbons (Fsp3) is 0.600. The van der Waals surface area contributed by atoms with Gasteiger partial charge in [0.2, 0.25) is 0 Å². The highest BCUT2D eigenvalue weighted by Gasteiger charge is 2.31. The highest BCUT2D eigenvalue weighted by Crippen LogP contribution is 2.33. The summed E-state index contributed by atoms with van der Waals surface area (Å²) in [6.45, 7) is 2.11. The molecule has 1 N–H and O–H groups in total. The first-order chi connectivity index (χ1) is 9.40. The van der Waals surface area contributed by atoms with Gasteiger partial charge in [0.15, 0.2) is 0 Å². The molecule has 0 spiro atoms. The molecule has 1 saturated carbocycles. The van der Waals surface area contributed by atoms with Crippen LogP contribution >= 0.6 is 0 Å². The Morgan fingerprint density at radius 2 is 2.00 bits per heavy atom. The maximum atomic E-state index is 13.7. The van der Waals surface area contributed by atoms with E-state index in [1.165, 1.54) is 0 Å². The van der Waals surface area contributed by atoms with Crippen LogP contribution in [0.3, 0.4) is 0 Å². The molecule has 0 saturated heterocycles. The second-order valence-electron chi connectivity index (χ2n) is 5.47. The lowest BCUT2D eigenvalue weighted by Gasteiger charge is -2.30. The van der Waals surface area contributed by atoms with Gasteiger partial charge in [-0.25, -0.2) is 4.39 Å². The van der Waals surface area contributed by atoms with Crippen LogP contribution in [0.4, 0.5) is 23.2 Å².